The first-order valence-corrected chi connectivity index (χ1v) is 5.19. The van der Waals surface area contributed by atoms with E-state index in [0.29, 0.717) is 24.3 Å². The van der Waals surface area contributed by atoms with Crippen LogP contribution in [0.5, 0.6) is 5.75 Å². The summed E-state index contributed by atoms with van der Waals surface area (Å²) in [6.45, 7) is 2.04. The lowest BCUT2D eigenvalue weighted by Gasteiger charge is -2.13. The third kappa shape index (κ3) is 3.56. The molecule has 0 saturated carbocycles. The quantitative estimate of drug-likeness (QED) is 0.613. The van der Waals surface area contributed by atoms with Crippen LogP contribution in [0.15, 0.2) is 18.2 Å². The molecule has 0 radical (unpaired) electrons. The predicted octanol–water partition coefficient (Wildman–Crippen LogP) is 2.67. The summed E-state index contributed by atoms with van der Waals surface area (Å²) >= 11 is 0. The van der Waals surface area contributed by atoms with Gasteiger partial charge in [-0.1, -0.05) is 0 Å². The number of terminal acetylenes is 1. The highest BCUT2D eigenvalue weighted by molar-refractivity contribution is 5.35. The highest BCUT2D eigenvalue weighted by Gasteiger charge is 2.10. The van der Waals surface area contributed by atoms with Crippen molar-refractivity contribution in [2.45, 2.75) is 25.9 Å². The molecule has 3 heteroatoms. The summed E-state index contributed by atoms with van der Waals surface area (Å²) in [7, 11) is 0. The number of aliphatic hydroxyl groups is 1. The molecule has 0 spiro atoms. The molecule has 16 heavy (non-hydrogen) atoms. The van der Waals surface area contributed by atoms with E-state index in [9.17, 15) is 9.50 Å². The maximum Gasteiger partial charge on any atom is 0.125 e. The van der Waals surface area contributed by atoms with E-state index in [2.05, 4.69) is 5.92 Å². The molecule has 1 N–H and O–H groups in total. The van der Waals surface area contributed by atoms with Gasteiger partial charge in [0.15, 0.2) is 0 Å². The molecule has 0 saturated heterocycles. The number of hydrogen-bond donors (Lipinski definition) is 1. The monoisotopic (exact) mass is 222 g/mol. The SMILES string of the molecule is C#CCCCOc1ccc(F)cc1C(C)O. The van der Waals surface area contributed by atoms with E-state index >= 15 is 0 Å². The molecule has 0 aliphatic heterocycles. The first-order chi connectivity index (χ1) is 7.65. The van der Waals surface area contributed by atoms with Gasteiger partial charge >= 0.3 is 0 Å². The van der Waals surface area contributed by atoms with Gasteiger partial charge in [-0.3, -0.25) is 0 Å². The van der Waals surface area contributed by atoms with Crippen LogP contribution in [-0.2, 0) is 0 Å². The summed E-state index contributed by atoms with van der Waals surface area (Å²) in [6.07, 6.45) is 5.75. The number of rotatable bonds is 5. The number of halogens is 1. The van der Waals surface area contributed by atoms with Crippen LogP contribution in [0.2, 0.25) is 0 Å². The van der Waals surface area contributed by atoms with Crippen molar-refractivity contribution >= 4 is 0 Å². The number of hydrogen-bond acceptors (Lipinski definition) is 2. The number of benzene rings is 1. The normalized spacial score (nSPS) is 11.9. The van der Waals surface area contributed by atoms with Crippen molar-refractivity contribution in [3.8, 4) is 18.1 Å². The molecule has 0 amide bonds. The van der Waals surface area contributed by atoms with Gasteiger partial charge in [-0.15, -0.1) is 12.3 Å². The molecule has 86 valence electrons. The van der Waals surface area contributed by atoms with E-state index < -0.39 is 6.10 Å². The summed E-state index contributed by atoms with van der Waals surface area (Å²) in [5.41, 5.74) is 0.459. The van der Waals surface area contributed by atoms with Crippen LogP contribution in [0.1, 0.15) is 31.4 Å². The van der Waals surface area contributed by atoms with Crippen molar-refractivity contribution < 1.29 is 14.2 Å². The summed E-state index contributed by atoms with van der Waals surface area (Å²) in [4.78, 5) is 0. The van der Waals surface area contributed by atoms with Crippen LogP contribution in [-0.4, -0.2) is 11.7 Å². The zero-order chi connectivity index (χ0) is 12.0. The first kappa shape index (κ1) is 12.5. The lowest BCUT2D eigenvalue weighted by atomic mass is 10.1. The van der Waals surface area contributed by atoms with Crippen molar-refractivity contribution in [3.63, 3.8) is 0 Å². The summed E-state index contributed by atoms with van der Waals surface area (Å²) in [5.74, 6) is 2.64. The molecule has 0 aliphatic rings. The van der Waals surface area contributed by atoms with E-state index in [0.717, 1.165) is 6.42 Å². The fourth-order valence-electron chi connectivity index (χ4n) is 1.33. The van der Waals surface area contributed by atoms with Crippen molar-refractivity contribution in [1.82, 2.24) is 0 Å². The lowest BCUT2D eigenvalue weighted by molar-refractivity contribution is 0.190. The fourth-order valence-corrected chi connectivity index (χ4v) is 1.33. The third-order valence-electron chi connectivity index (χ3n) is 2.14. The Morgan fingerprint density at radius 3 is 2.94 bits per heavy atom. The minimum absolute atomic E-state index is 0.383. The molecular weight excluding hydrogens is 207 g/mol. The minimum atomic E-state index is -0.752. The summed E-state index contributed by atoms with van der Waals surface area (Å²) in [5, 5.41) is 9.45. The van der Waals surface area contributed by atoms with Crippen LogP contribution in [0.25, 0.3) is 0 Å². The molecule has 0 aliphatic carbocycles. The Morgan fingerprint density at radius 2 is 2.31 bits per heavy atom. The second-order valence-electron chi connectivity index (χ2n) is 3.51. The predicted molar refractivity (Wildman–Crippen MR) is 60.6 cm³/mol. The lowest BCUT2D eigenvalue weighted by Crippen LogP contribution is -2.02. The second-order valence-corrected chi connectivity index (χ2v) is 3.51. The van der Waals surface area contributed by atoms with E-state index in [1.807, 2.05) is 0 Å². The van der Waals surface area contributed by atoms with E-state index in [1.54, 1.807) is 6.92 Å². The highest BCUT2D eigenvalue weighted by Crippen LogP contribution is 2.26. The van der Waals surface area contributed by atoms with Gasteiger partial charge in [0, 0.05) is 12.0 Å². The zero-order valence-electron chi connectivity index (χ0n) is 9.24. The molecule has 1 rings (SSSR count). The molecule has 1 atom stereocenters. The number of aliphatic hydroxyl groups excluding tert-OH is 1. The summed E-state index contributed by atoms with van der Waals surface area (Å²) in [6, 6.07) is 4.11. The maximum absolute atomic E-state index is 13.0. The van der Waals surface area contributed by atoms with Gasteiger partial charge < -0.3 is 9.84 Å². The first-order valence-electron chi connectivity index (χ1n) is 5.19. The van der Waals surface area contributed by atoms with Gasteiger partial charge in [-0.25, -0.2) is 4.39 Å². The van der Waals surface area contributed by atoms with Crippen LogP contribution in [0.4, 0.5) is 4.39 Å². The number of unbranched alkanes of at least 4 members (excludes halogenated alkanes) is 1. The second kappa shape index (κ2) is 6.14. The largest absolute Gasteiger partial charge is 0.493 e. The van der Waals surface area contributed by atoms with Crippen LogP contribution in [0.3, 0.4) is 0 Å². The Balaban J connectivity index is 2.68. The van der Waals surface area contributed by atoms with Gasteiger partial charge in [0.25, 0.3) is 0 Å². The van der Waals surface area contributed by atoms with Crippen molar-refractivity contribution in [1.29, 1.82) is 0 Å². The average molecular weight is 222 g/mol. The van der Waals surface area contributed by atoms with Crippen LogP contribution in [0, 0.1) is 18.2 Å². The Bertz CT molecular complexity index is 380. The zero-order valence-corrected chi connectivity index (χ0v) is 9.24. The molecule has 0 fully saturated rings. The van der Waals surface area contributed by atoms with Gasteiger partial charge in [0.2, 0.25) is 0 Å². The summed E-state index contributed by atoms with van der Waals surface area (Å²) < 4.78 is 18.4. The standard InChI is InChI=1S/C13H15FO2/c1-3-4-5-8-16-13-7-6-11(14)9-12(13)10(2)15/h1,6-7,9-10,15H,4-5,8H2,2H3. The molecule has 0 bridgehead atoms. The van der Waals surface area contributed by atoms with E-state index in [1.165, 1.54) is 18.2 Å². The molecular formula is C13H15FO2. The van der Waals surface area contributed by atoms with Gasteiger partial charge in [-0.2, -0.15) is 0 Å². The Hall–Kier alpha value is -1.53. The minimum Gasteiger partial charge on any atom is -0.493 e. The maximum atomic E-state index is 13.0. The molecule has 0 aromatic heterocycles. The van der Waals surface area contributed by atoms with Gasteiger partial charge in [-0.05, 0) is 31.5 Å². The van der Waals surface area contributed by atoms with E-state index in [-0.39, 0.29) is 5.82 Å². The van der Waals surface area contributed by atoms with Gasteiger partial charge in [0.05, 0.1) is 12.7 Å². The average Bonchev–Trinajstić information content (AvgIpc) is 2.26. The molecule has 1 unspecified atom stereocenters. The van der Waals surface area contributed by atoms with Crippen LogP contribution >= 0.6 is 0 Å². The fraction of sp³-hybridized carbons (Fsp3) is 0.385. The van der Waals surface area contributed by atoms with Gasteiger partial charge in [0.1, 0.15) is 11.6 Å². The smallest absolute Gasteiger partial charge is 0.125 e. The highest BCUT2D eigenvalue weighted by atomic mass is 19.1. The van der Waals surface area contributed by atoms with Crippen molar-refractivity contribution in [2.24, 2.45) is 0 Å². The Labute approximate surface area is 95.1 Å². The Kier molecular flexibility index (Phi) is 4.81. The van der Waals surface area contributed by atoms with Crippen molar-refractivity contribution in [3.05, 3.63) is 29.6 Å². The molecule has 2 nitrogen and oxygen atoms in total. The Morgan fingerprint density at radius 1 is 1.56 bits per heavy atom. The third-order valence-corrected chi connectivity index (χ3v) is 2.14. The molecule has 1 aromatic carbocycles. The molecule has 0 heterocycles. The van der Waals surface area contributed by atoms with E-state index in [4.69, 9.17) is 11.2 Å². The van der Waals surface area contributed by atoms with Crippen LogP contribution < -0.4 is 4.74 Å². The number of ether oxygens (including phenoxy) is 1. The van der Waals surface area contributed by atoms with Crippen molar-refractivity contribution in [2.75, 3.05) is 6.61 Å². The molecule has 1 aromatic rings. The topological polar surface area (TPSA) is 29.5 Å².